The highest BCUT2D eigenvalue weighted by atomic mass is 16.4. The molecule has 0 fully saturated rings. The lowest BCUT2D eigenvalue weighted by Gasteiger charge is -2.16. The van der Waals surface area contributed by atoms with Crippen molar-refractivity contribution >= 4 is 5.97 Å². The van der Waals surface area contributed by atoms with Gasteiger partial charge in [0, 0.05) is 19.5 Å². The van der Waals surface area contributed by atoms with E-state index in [0.717, 1.165) is 25.3 Å². The van der Waals surface area contributed by atoms with Crippen LogP contribution in [0.3, 0.4) is 0 Å². The summed E-state index contributed by atoms with van der Waals surface area (Å²) in [6.45, 7) is 5.90. The fourth-order valence-corrected chi connectivity index (χ4v) is 1.66. The van der Waals surface area contributed by atoms with Crippen molar-refractivity contribution in [1.82, 2.24) is 5.32 Å². The van der Waals surface area contributed by atoms with Crippen LogP contribution in [-0.2, 0) is 4.79 Å². The van der Waals surface area contributed by atoms with Crippen molar-refractivity contribution < 1.29 is 20.1 Å². The topological polar surface area (TPSA) is 89.8 Å². The van der Waals surface area contributed by atoms with Crippen LogP contribution in [0.15, 0.2) is 24.3 Å². The molecule has 0 bridgehead atoms. The fraction of sp³-hybridized carbons (Fsp3) is 0.533. The molecule has 5 heteroatoms. The average Bonchev–Trinajstić information content (AvgIpc) is 2.36. The molecule has 0 radical (unpaired) electrons. The van der Waals surface area contributed by atoms with Gasteiger partial charge in [-0.15, -0.1) is 0 Å². The molecule has 1 aromatic rings. The number of carbonyl (C=O) groups is 1. The molecular formula is C15H25NO4. The number of carboxylic acids is 1. The van der Waals surface area contributed by atoms with Crippen molar-refractivity contribution in [3.63, 3.8) is 0 Å². The number of aliphatic carboxylic acids is 1. The predicted molar refractivity (Wildman–Crippen MR) is 78.7 cm³/mol. The quantitative estimate of drug-likeness (QED) is 0.643. The molecule has 114 valence electrons. The minimum absolute atomic E-state index is 0.225. The van der Waals surface area contributed by atoms with Crippen LogP contribution in [-0.4, -0.2) is 33.9 Å². The number of aliphatic hydroxyl groups is 1. The molecule has 1 rings (SSSR count). The number of aromatic hydroxyl groups is 1. The number of hydrogen-bond acceptors (Lipinski definition) is 4. The lowest BCUT2D eigenvalue weighted by atomic mass is 10.1. The molecule has 5 nitrogen and oxygen atoms in total. The molecule has 0 saturated carbocycles. The van der Waals surface area contributed by atoms with Crippen molar-refractivity contribution in [3.8, 4) is 5.75 Å². The molecule has 4 N–H and O–H groups in total. The van der Waals surface area contributed by atoms with Gasteiger partial charge in [-0.3, -0.25) is 4.79 Å². The summed E-state index contributed by atoms with van der Waals surface area (Å²) in [5, 5.41) is 29.7. The first-order valence-electron chi connectivity index (χ1n) is 6.76. The Labute approximate surface area is 120 Å². The largest absolute Gasteiger partial charge is 0.508 e. The third kappa shape index (κ3) is 9.35. The Hall–Kier alpha value is -1.59. The predicted octanol–water partition coefficient (Wildman–Crippen LogP) is 2.29. The number of phenols is 1. The highest BCUT2D eigenvalue weighted by Gasteiger charge is 2.08. The van der Waals surface area contributed by atoms with Crippen molar-refractivity contribution in [2.45, 2.75) is 45.8 Å². The SMILES string of the molecule is CC(=O)O.CCCC(C)NCC(O)c1ccc(O)cc1. The van der Waals surface area contributed by atoms with Gasteiger partial charge in [-0.2, -0.15) is 0 Å². The number of benzene rings is 1. The second kappa shape index (κ2) is 10.2. The molecule has 0 amide bonds. The van der Waals surface area contributed by atoms with Crippen LogP contribution in [0, 0.1) is 0 Å². The smallest absolute Gasteiger partial charge is 0.300 e. The average molecular weight is 283 g/mol. The summed E-state index contributed by atoms with van der Waals surface area (Å²) < 4.78 is 0. The Morgan fingerprint density at radius 3 is 2.25 bits per heavy atom. The lowest BCUT2D eigenvalue weighted by Crippen LogP contribution is -2.30. The molecule has 0 saturated heterocycles. The van der Waals surface area contributed by atoms with Crippen molar-refractivity contribution in [2.75, 3.05) is 6.54 Å². The van der Waals surface area contributed by atoms with Gasteiger partial charge in [-0.05, 0) is 31.0 Å². The summed E-state index contributed by atoms with van der Waals surface area (Å²) in [7, 11) is 0. The maximum absolute atomic E-state index is 9.88. The summed E-state index contributed by atoms with van der Waals surface area (Å²) in [6.07, 6.45) is 1.74. The van der Waals surface area contributed by atoms with E-state index in [1.165, 1.54) is 0 Å². The molecule has 0 aliphatic carbocycles. The summed E-state index contributed by atoms with van der Waals surface area (Å²) in [4.78, 5) is 9.00. The van der Waals surface area contributed by atoms with Gasteiger partial charge in [0.2, 0.25) is 0 Å². The first-order valence-corrected chi connectivity index (χ1v) is 6.76. The van der Waals surface area contributed by atoms with Crippen LogP contribution >= 0.6 is 0 Å². The minimum Gasteiger partial charge on any atom is -0.508 e. The van der Waals surface area contributed by atoms with Crippen molar-refractivity contribution in [1.29, 1.82) is 0 Å². The van der Waals surface area contributed by atoms with Crippen LogP contribution < -0.4 is 5.32 Å². The maximum Gasteiger partial charge on any atom is 0.300 e. The van der Waals surface area contributed by atoms with E-state index in [0.29, 0.717) is 12.6 Å². The monoisotopic (exact) mass is 283 g/mol. The molecule has 2 unspecified atom stereocenters. The van der Waals surface area contributed by atoms with E-state index in [-0.39, 0.29) is 5.75 Å². The normalized spacial score (nSPS) is 13.0. The van der Waals surface area contributed by atoms with Gasteiger partial charge in [0.25, 0.3) is 5.97 Å². The number of aliphatic hydroxyl groups excluding tert-OH is 1. The highest BCUT2D eigenvalue weighted by molar-refractivity contribution is 5.62. The first-order chi connectivity index (χ1) is 9.36. The summed E-state index contributed by atoms with van der Waals surface area (Å²) in [5.41, 5.74) is 0.828. The third-order valence-electron chi connectivity index (χ3n) is 2.66. The van der Waals surface area contributed by atoms with Gasteiger partial charge < -0.3 is 20.6 Å². The van der Waals surface area contributed by atoms with Crippen LogP contribution in [0.1, 0.15) is 45.3 Å². The minimum atomic E-state index is -0.833. The van der Waals surface area contributed by atoms with Crippen molar-refractivity contribution in [3.05, 3.63) is 29.8 Å². The Morgan fingerprint density at radius 2 is 1.80 bits per heavy atom. The number of carboxylic acid groups (broad SMARTS) is 1. The molecule has 0 heterocycles. The van der Waals surface area contributed by atoms with Gasteiger partial charge >= 0.3 is 0 Å². The Bertz CT molecular complexity index is 374. The second-order valence-electron chi connectivity index (χ2n) is 4.72. The van der Waals surface area contributed by atoms with Crippen LogP contribution in [0.2, 0.25) is 0 Å². The Balaban J connectivity index is 0.000000796. The van der Waals surface area contributed by atoms with E-state index < -0.39 is 12.1 Å². The highest BCUT2D eigenvalue weighted by Crippen LogP contribution is 2.16. The second-order valence-corrected chi connectivity index (χ2v) is 4.72. The van der Waals surface area contributed by atoms with Crippen LogP contribution in [0.4, 0.5) is 0 Å². The summed E-state index contributed by atoms with van der Waals surface area (Å²) in [5.74, 6) is -0.608. The van der Waals surface area contributed by atoms with Gasteiger partial charge in [-0.1, -0.05) is 25.5 Å². The molecule has 0 aliphatic heterocycles. The van der Waals surface area contributed by atoms with E-state index >= 15 is 0 Å². The van der Waals surface area contributed by atoms with Gasteiger partial charge in [-0.25, -0.2) is 0 Å². The van der Waals surface area contributed by atoms with E-state index in [1.54, 1.807) is 24.3 Å². The molecule has 0 spiro atoms. The number of hydrogen-bond donors (Lipinski definition) is 4. The lowest BCUT2D eigenvalue weighted by molar-refractivity contribution is -0.134. The number of phenolic OH excluding ortho intramolecular Hbond substituents is 1. The van der Waals surface area contributed by atoms with E-state index in [2.05, 4.69) is 19.2 Å². The zero-order chi connectivity index (χ0) is 15.5. The fourth-order valence-electron chi connectivity index (χ4n) is 1.66. The van der Waals surface area contributed by atoms with Crippen molar-refractivity contribution in [2.24, 2.45) is 0 Å². The van der Waals surface area contributed by atoms with Gasteiger partial charge in [0.15, 0.2) is 0 Å². The summed E-state index contributed by atoms with van der Waals surface area (Å²) >= 11 is 0. The zero-order valence-corrected chi connectivity index (χ0v) is 12.3. The summed E-state index contributed by atoms with van der Waals surface area (Å²) in [6, 6.07) is 7.09. The van der Waals surface area contributed by atoms with Gasteiger partial charge in [0.05, 0.1) is 6.10 Å². The molecule has 0 aliphatic rings. The van der Waals surface area contributed by atoms with Gasteiger partial charge in [0.1, 0.15) is 5.75 Å². The molecular weight excluding hydrogens is 258 g/mol. The molecule has 20 heavy (non-hydrogen) atoms. The van der Waals surface area contributed by atoms with E-state index in [1.807, 2.05) is 0 Å². The van der Waals surface area contributed by atoms with Crippen LogP contribution in [0.5, 0.6) is 5.75 Å². The third-order valence-corrected chi connectivity index (χ3v) is 2.66. The Morgan fingerprint density at radius 1 is 1.30 bits per heavy atom. The first kappa shape index (κ1) is 18.4. The maximum atomic E-state index is 9.88. The van der Waals surface area contributed by atoms with E-state index in [9.17, 15) is 5.11 Å². The molecule has 2 atom stereocenters. The molecule has 0 aromatic heterocycles. The standard InChI is InChI=1S/C13H21NO2.C2H4O2/c1-3-4-10(2)14-9-13(16)11-5-7-12(15)8-6-11;1-2(3)4/h5-8,10,13-16H,3-4,9H2,1-2H3;1H3,(H,3,4). The Kier molecular flexibility index (Phi) is 9.41. The van der Waals surface area contributed by atoms with Crippen LogP contribution in [0.25, 0.3) is 0 Å². The molecule has 1 aromatic carbocycles. The number of rotatable bonds is 6. The number of nitrogens with one attached hydrogen (secondary N) is 1. The zero-order valence-electron chi connectivity index (χ0n) is 12.3. The van der Waals surface area contributed by atoms with E-state index in [4.69, 9.17) is 15.0 Å².